The molecule has 48 valence electrons. The van der Waals surface area contributed by atoms with Crippen molar-refractivity contribution >= 4 is 0 Å². The molecule has 2 unspecified atom stereocenters. The van der Waals surface area contributed by atoms with Gasteiger partial charge in [-0.25, -0.2) is 0 Å². The zero-order valence-corrected chi connectivity index (χ0v) is 5.65. The van der Waals surface area contributed by atoms with Gasteiger partial charge in [0.05, 0.1) is 6.54 Å². The van der Waals surface area contributed by atoms with Gasteiger partial charge in [-0.3, -0.25) is 5.32 Å². The van der Waals surface area contributed by atoms with E-state index in [9.17, 15) is 0 Å². The molecule has 8 heavy (non-hydrogen) atoms. The average Bonchev–Trinajstić information content (AvgIpc) is 1.77. The summed E-state index contributed by atoms with van der Waals surface area (Å²) in [5, 5.41) is 5.72. The predicted octanol–water partition coefficient (Wildman–Crippen LogP) is -0.865. The summed E-state index contributed by atoms with van der Waals surface area (Å²) in [5.41, 5.74) is 0. The van der Waals surface area contributed by atoms with Crippen LogP contribution in [0.25, 0.3) is 0 Å². The first-order valence-electron chi connectivity index (χ1n) is 3.36. The quantitative estimate of drug-likeness (QED) is 0.422. The number of nitrogens with one attached hydrogen (secondary N) is 1. The van der Waals surface area contributed by atoms with Crippen LogP contribution in [0.4, 0.5) is 0 Å². The summed E-state index contributed by atoms with van der Waals surface area (Å²) < 4.78 is 0. The summed E-state index contributed by atoms with van der Waals surface area (Å²) in [5.74, 6) is 0.853. The summed E-state index contributed by atoms with van der Waals surface area (Å²) in [4.78, 5) is 0. The van der Waals surface area contributed by atoms with Crippen molar-refractivity contribution in [1.29, 1.82) is 0 Å². The number of nitrogens with two attached hydrogens (primary N) is 1. The minimum absolute atomic E-state index is 0.645. The summed E-state index contributed by atoms with van der Waals surface area (Å²) in [6.45, 7) is 6.95. The fourth-order valence-corrected chi connectivity index (χ4v) is 0.990. The Morgan fingerprint density at radius 1 is 1.50 bits per heavy atom. The lowest BCUT2D eigenvalue weighted by Crippen LogP contribution is -2.96. The maximum absolute atomic E-state index is 3.38. The molecule has 0 bridgehead atoms. The smallest absolute Gasteiger partial charge is 0.136 e. The number of hydrogen-bond donors (Lipinski definition) is 2. The van der Waals surface area contributed by atoms with Gasteiger partial charge >= 0.3 is 0 Å². The second-order valence-corrected chi connectivity index (χ2v) is 2.77. The van der Waals surface area contributed by atoms with Crippen molar-refractivity contribution in [3.8, 4) is 0 Å². The minimum atomic E-state index is 0.645. The lowest BCUT2D eigenvalue weighted by atomic mass is 10.1. The zero-order valence-electron chi connectivity index (χ0n) is 5.65. The first-order valence-corrected chi connectivity index (χ1v) is 3.36. The molecule has 3 N–H and O–H groups in total. The maximum atomic E-state index is 3.38. The third-order valence-corrected chi connectivity index (χ3v) is 1.68. The van der Waals surface area contributed by atoms with Crippen LogP contribution in [0.1, 0.15) is 13.8 Å². The van der Waals surface area contributed by atoms with Gasteiger partial charge in [0.2, 0.25) is 0 Å². The Morgan fingerprint density at radius 3 is 2.62 bits per heavy atom. The fourth-order valence-electron chi connectivity index (χ4n) is 0.990. The van der Waals surface area contributed by atoms with Crippen molar-refractivity contribution in [2.75, 3.05) is 13.1 Å². The molecule has 0 aromatic carbocycles. The van der Waals surface area contributed by atoms with E-state index >= 15 is 0 Å². The average molecular weight is 115 g/mol. The second-order valence-electron chi connectivity index (χ2n) is 2.77. The molecule has 1 aliphatic heterocycles. The lowest BCUT2D eigenvalue weighted by molar-refractivity contribution is -0.703. The van der Waals surface area contributed by atoms with E-state index in [1.165, 1.54) is 13.1 Å². The fraction of sp³-hybridized carbons (Fsp3) is 1.00. The van der Waals surface area contributed by atoms with E-state index in [2.05, 4.69) is 24.5 Å². The van der Waals surface area contributed by atoms with E-state index in [4.69, 9.17) is 0 Å². The Morgan fingerprint density at radius 2 is 2.25 bits per heavy atom. The molecule has 0 radical (unpaired) electrons. The molecule has 0 aliphatic carbocycles. The van der Waals surface area contributed by atoms with Crippen molar-refractivity contribution in [3.05, 3.63) is 0 Å². The second kappa shape index (κ2) is 2.46. The molecule has 1 heterocycles. The van der Waals surface area contributed by atoms with Gasteiger partial charge in [0, 0.05) is 19.4 Å². The highest BCUT2D eigenvalue weighted by Crippen LogP contribution is 1.89. The van der Waals surface area contributed by atoms with Crippen LogP contribution in [0.15, 0.2) is 0 Å². The standard InChI is InChI=1S/C6H14N2/c1-5-3-7-6(2)8-4-5/h5-8H,3-4H2,1-2H3/p+1. The van der Waals surface area contributed by atoms with Gasteiger partial charge in [-0.15, -0.1) is 0 Å². The van der Waals surface area contributed by atoms with E-state index in [1.54, 1.807) is 0 Å². The Hall–Kier alpha value is -0.0800. The van der Waals surface area contributed by atoms with E-state index in [0.717, 1.165) is 5.92 Å². The van der Waals surface area contributed by atoms with Crippen LogP contribution < -0.4 is 10.6 Å². The molecular weight excluding hydrogens is 100 g/mol. The van der Waals surface area contributed by atoms with Gasteiger partial charge in [-0.2, -0.15) is 0 Å². The predicted molar refractivity (Wildman–Crippen MR) is 33.4 cm³/mol. The topological polar surface area (TPSA) is 28.6 Å². The normalized spacial score (nSPS) is 39.8. The van der Waals surface area contributed by atoms with Crippen LogP contribution in [-0.4, -0.2) is 19.3 Å². The highest BCUT2D eigenvalue weighted by atomic mass is 15.1. The van der Waals surface area contributed by atoms with Crippen LogP contribution >= 0.6 is 0 Å². The summed E-state index contributed by atoms with van der Waals surface area (Å²) >= 11 is 0. The Kier molecular flexibility index (Phi) is 1.86. The molecule has 2 nitrogen and oxygen atoms in total. The van der Waals surface area contributed by atoms with Gasteiger partial charge in [0.1, 0.15) is 6.17 Å². The van der Waals surface area contributed by atoms with E-state index < -0.39 is 0 Å². The molecule has 1 fully saturated rings. The monoisotopic (exact) mass is 115 g/mol. The van der Waals surface area contributed by atoms with Crippen LogP contribution in [0.5, 0.6) is 0 Å². The zero-order chi connectivity index (χ0) is 5.98. The van der Waals surface area contributed by atoms with Gasteiger partial charge in [-0.1, -0.05) is 6.92 Å². The third-order valence-electron chi connectivity index (χ3n) is 1.68. The van der Waals surface area contributed by atoms with Crippen molar-refractivity contribution in [3.63, 3.8) is 0 Å². The van der Waals surface area contributed by atoms with Crippen LogP contribution in [0.2, 0.25) is 0 Å². The molecule has 0 amide bonds. The van der Waals surface area contributed by atoms with Gasteiger partial charge < -0.3 is 5.32 Å². The molecule has 0 aromatic rings. The summed E-state index contributed by atoms with van der Waals surface area (Å²) in [6.07, 6.45) is 0.645. The Balaban J connectivity index is 2.19. The van der Waals surface area contributed by atoms with Gasteiger partial charge in [0.25, 0.3) is 0 Å². The number of rotatable bonds is 0. The Bertz CT molecular complexity index is 54.9. The van der Waals surface area contributed by atoms with Crippen LogP contribution in [0.3, 0.4) is 0 Å². The molecule has 0 spiro atoms. The molecule has 2 atom stereocenters. The summed E-state index contributed by atoms with van der Waals surface area (Å²) in [7, 11) is 0. The summed E-state index contributed by atoms with van der Waals surface area (Å²) in [6, 6.07) is 0. The molecular formula is C6H15N2+. The van der Waals surface area contributed by atoms with Crippen LogP contribution in [-0.2, 0) is 0 Å². The van der Waals surface area contributed by atoms with Crippen molar-refractivity contribution in [2.24, 2.45) is 5.92 Å². The van der Waals surface area contributed by atoms with Crippen LogP contribution in [0, 0.1) is 5.92 Å². The molecule has 1 saturated heterocycles. The first kappa shape index (κ1) is 6.05. The SMILES string of the molecule is CC1CNC(C)[NH2+]C1. The van der Waals surface area contributed by atoms with E-state index in [1.807, 2.05) is 0 Å². The third kappa shape index (κ3) is 1.46. The van der Waals surface area contributed by atoms with E-state index in [0.29, 0.717) is 6.17 Å². The van der Waals surface area contributed by atoms with E-state index in [-0.39, 0.29) is 0 Å². The largest absolute Gasteiger partial charge is 0.331 e. The van der Waals surface area contributed by atoms with Gasteiger partial charge in [-0.05, 0) is 0 Å². The minimum Gasteiger partial charge on any atom is -0.331 e. The highest BCUT2D eigenvalue weighted by Gasteiger charge is 2.14. The van der Waals surface area contributed by atoms with Crippen molar-refractivity contribution < 1.29 is 5.32 Å². The van der Waals surface area contributed by atoms with Gasteiger partial charge in [0.15, 0.2) is 0 Å². The van der Waals surface area contributed by atoms with Crippen molar-refractivity contribution in [2.45, 2.75) is 20.0 Å². The number of hydrogen-bond acceptors (Lipinski definition) is 1. The molecule has 0 aromatic heterocycles. The molecule has 1 rings (SSSR count). The molecule has 0 saturated carbocycles. The molecule has 1 aliphatic rings. The lowest BCUT2D eigenvalue weighted by Gasteiger charge is -2.22. The number of quaternary nitrogens is 1. The van der Waals surface area contributed by atoms with Crippen molar-refractivity contribution in [1.82, 2.24) is 5.32 Å². The maximum Gasteiger partial charge on any atom is 0.136 e. The first-order chi connectivity index (χ1) is 3.79. The Labute approximate surface area is 50.7 Å². The molecule has 2 heteroatoms. The highest BCUT2D eigenvalue weighted by molar-refractivity contribution is 4.58.